The molecule has 1 fully saturated rings. The molecule has 1 heterocycles. The van der Waals surface area contributed by atoms with Gasteiger partial charge in [0.15, 0.2) is 5.66 Å². The normalized spacial score (nSPS) is 16.8. The fourth-order valence-corrected chi connectivity index (χ4v) is 9.33. The van der Waals surface area contributed by atoms with Crippen molar-refractivity contribution in [2.75, 3.05) is 13.1 Å². The molecule has 0 aliphatic carbocycles. The van der Waals surface area contributed by atoms with E-state index in [0.29, 0.717) is 6.42 Å². The summed E-state index contributed by atoms with van der Waals surface area (Å²) in [6, 6.07) is 29.4. The summed E-state index contributed by atoms with van der Waals surface area (Å²) in [6.07, 6.45) is -4.00. The number of carbonyl (C=O) groups is 1. The van der Waals surface area contributed by atoms with Crippen LogP contribution in [0, 0.1) is 0 Å². The number of amides is 1. The first kappa shape index (κ1) is 23.5. The second-order valence-corrected chi connectivity index (χ2v) is 11.0. The zero-order chi connectivity index (χ0) is 21.2. The Morgan fingerprint density at radius 1 is 0.774 bits per heavy atom. The summed E-state index contributed by atoms with van der Waals surface area (Å²) >= 11 is 0. The van der Waals surface area contributed by atoms with Crippen LogP contribution in [0.1, 0.15) is 6.42 Å². The Labute approximate surface area is 191 Å². The molecular weight excluding hydrogens is 486 g/mol. The van der Waals surface area contributed by atoms with Gasteiger partial charge in [-0.3, -0.25) is 4.79 Å². The van der Waals surface area contributed by atoms with Crippen molar-refractivity contribution in [1.29, 1.82) is 0 Å². The van der Waals surface area contributed by atoms with E-state index in [1.165, 1.54) is 0 Å². The molecule has 1 unspecified atom stereocenters. The highest BCUT2D eigenvalue weighted by Crippen LogP contribution is 2.62. The van der Waals surface area contributed by atoms with E-state index >= 15 is 0 Å². The number of alkyl halides is 3. The first-order valence-corrected chi connectivity index (χ1v) is 11.7. The molecule has 4 rings (SSSR count). The third-order valence-corrected chi connectivity index (χ3v) is 10.3. The molecule has 7 heteroatoms. The van der Waals surface area contributed by atoms with E-state index in [1.807, 2.05) is 91.0 Å². The molecule has 0 radical (unpaired) electrons. The molecule has 2 nitrogen and oxygen atoms in total. The van der Waals surface area contributed by atoms with E-state index in [0.717, 1.165) is 20.8 Å². The number of nitrogens with zero attached hydrogens (tertiary/aromatic N) is 1. The number of hydrogen-bond acceptors (Lipinski definition) is 1. The predicted molar refractivity (Wildman–Crippen MR) is 116 cm³/mol. The third kappa shape index (κ3) is 4.56. The Morgan fingerprint density at radius 3 is 1.52 bits per heavy atom. The fourth-order valence-electron chi connectivity index (χ4n) is 4.43. The summed E-state index contributed by atoms with van der Waals surface area (Å²) in [4.78, 5) is 14.4. The van der Waals surface area contributed by atoms with Crippen molar-refractivity contribution in [3.05, 3.63) is 91.0 Å². The lowest BCUT2D eigenvalue weighted by Crippen LogP contribution is -3.00. The van der Waals surface area contributed by atoms with Crippen molar-refractivity contribution in [3.8, 4) is 0 Å². The fraction of sp³-hybridized carbons (Fsp3) is 0.208. The largest absolute Gasteiger partial charge is 1.00 e. The summed E-state index contributed by atoms with van der Waals surface area (Å²) in [6.45, 7) is -1.07. The van der Waals surface area contributed by atoms with Crippen molar-refractivity contribution < 1.29 is 34.9 Å². The lowest BCUT2D eigenvalue weighted by molar-refractivity contribution is -0.157. The number of benzene rings is 3. The molecule has 1 atom stereocenters. The second kappa shape index (κ2) is 9.54. The monoisotopic (exact) mass is 507 g/mol. The number of hydrogen-bond donors (Lipinski definition) is 0. The zero-order valence-corrected chi connectivity index (χ0v) is 19.2. The van der Waals surface area contributed by atoms with E-state index < -0.39 is 31.5 Å². The molecule has 1 aliphatic rings. The lowest BCUT2D eigenvalue weighted by Gasteiger charge is -2.32. The van der Waals surface area contributed by atoms with E-state index in [-0.39, 0.29) is 23.5 Å². The smallest absolute Gasteiger partial charge is 0.406 e. The molecule has 1 saturated heterocycles. The molecule has 1 amide bonds. The number of likely N-dealkylation sites (tertiary alicyclic amines) is 1. The highest BCUT2D eigenvalue weighted by atomic mass is 79.9. The SMILES string of the molecule is O=C1C([P+](c2ccccc2)(c2ccccc2)c2ccccc2)CCN1CC(F)(F)F.[Br-]. The molecule has 0 aromatic heterocycles. The first-order chi connectivity index (χ1) is 14.4. The number of halogens is 4. The van der Waals surface area contributed by atoms with Crippen molar-refractivity contribution >= 4 is 29.1 Å². The molecule has 0 spiro atoms. The maximum Gasteiger partial charge on any atom is 0.406 e. The van der Waals surface area contributed by atoms with E-state index in [9.17, 15) is 18.0 Å². The van der Waals surface area contributed by atoms with Gasteiger partial charge < -0.3 is 21.9 Å². The van der Waals surface area contributed by atoms with Crippen LogP contribution in [-0.2, 0) is 4.79 Å². The summed E-state index contributed by atoms with van der Waals surface area (Å²) in [5.74, 6) is -0.405. The van der Waals surface area contributed by atoms with Gasteiger partial charge in [-0.1, -0.05) is 54.6 Å². The van der Waals surface area contributed by atoms with Crippen LogP contribution in [0.2, 0.25) is 0 Å². The van der Waals surface area contributed by atoms with Crippen molar-refractivity contribution in [1.82, 2.24) is 4.90 Å². The predicted octanol–water partition coefficient (Wildman–Crippen LogP) is 1.15. The summed E-state index contributed by atoms with van der Waals surface area (Å²) in [5, 5.41) is 3.03. The minimum Gasteiger partial charge on any atom is -1.00 e. The van der Waals surface area contributed by atoms with Gasteiger partial charge in [-0.15, -0.1) is 0 Å². The molecular formula is C24H22BrF3NOP. The minimum atomic E-state index is -4.40. The third-order valence-electron chi connectivity index (χ3n) is 5.60. The van der Waals surface area contributed by atoms with Crippen LogP contribution in [0.3, 0.4) is 0 Å². The van der Waals surface area contributed by atoms with E-state index in [1.54, 1.807) is 0 Å². The van der Waals surface area contributed by atoms with Gasteiger partial charge in [-0.05, 0) is 36.4 Å². The molecule has 1 aliphatic heterocycles. The average molecular weight is 508 g/mol. The maximum atomic E-state index is 13.4. The Bertz CT molecular complexity index is 903. The van der Waals surface area contributed by atoms with Crippen LogP contribution in [0.25, 0.3) is 0 Å². The Kier molecular flexibility index (Phi) is 7.23. The van der Waals surface area contributed by atoms with Gasteiger partial charge in [-0.25, -0.2) is 0 Å². The van der Waals surface area contributed by atoms with Crippen LogP contribution in [-0.4, -0.2) is 35.7 Å². The van der Waals surface area contributed by atoms with Crippen LogP contribution in [0.5, 0.6) is 0 Å². The van der Waals surface area contributed by atoms with Crippen molar-refractivity contribution in [3.63, 3.8) is 0 Å². The Morgan fingerprint density at radius 2 is 1.16 bits per heavy atom. The van der Waals surface area contributed by atoms with Crippen LogP contribution >= 0.6 is 7.26 Å². The molecule has 0 bridgehead atoms. The lowest BCUT2D eigenvalue weighted by atomic mass is 10.3. The first-order valence-electron chi connectivity index (χ1n) is 9.84. The number of carbonyl (C=O) groups excluding carboxylic acids is 1. The summed E-state index contributed by atoms with van der Waals surface area (Å²) in [7, 11) is -2.52. The molecule has 162 valence electrons. The highest BCUT2D eigenvalue weighted by Gasteiger charge is 2.59. The van der Waals surface area contributed by atoms with Crippen LogP contribution < -0.4 is 32.9 Å². The second-order valence-electron chi connectivity index (χ2n) is 7.41. The van der Waals surface area contributed by atoms with E-state index in [2.05, 4.69) is 0 Å². The van der Waals surface area contributed by atoms with Crippen molar-refractivity contribution in [2.24, 2.45) is 0 Å². The van der Waals surface area contributed by atoms with E-state index in [4.69, 9.17) is 0 Å². The molecule has 3 aromatic rings. The molecule has 31 heavy (non-hydrogen) atoms. The van der Waals surface area contributed by atoms with Gasteiger partial charge in [0.1, 0.15) is 29.7 Å². The van der Waals surface area contributed by atoms with Gasteiger partial charge in [0.2, 0.25) is 0 Å². The maximum absolute atomic E-state index is 13.4. The summed E-state index contributed by atoms with van der Waals surface area (Å²) in [5.41, 5.74) is -0.521. The Hall–Kier alpha value is -2.17. The van der Waals surface area contributed by atoms with Crippen molar-refractivity contribution in [2.45, 2.75) is 18.3 Å². The molecule has 3 aromatic carbocycles. The van der Waals surface area contributed by atoms with Gasteiger partial charge in [0, 0.05) is 13.0 Å². The average Bonchev–Trinajstić information content (AvgIpc) is 3.10. The van der Waals surface area contributed by atoms with Gasteiger partial charge in [0.05, 0.1) is 0 Å². The number of rotatable bonds is 5. The van der Waals surface area contributed by atoms with Crippen LogP contribution in [0.4, 0.5) is 13.2 Å². The minimum absolute atomic E-state index is 0. The standard InChI is InChI=1S/C24H22F3NOP.BrH/c25-24(26,27)18-28-17-16-22(23(28)29)30(19-10-4-1-5-11-19,20-12-6-2-7-13-20)21-14-8-3-9-15-21;/h1-15,22H,16-18H2;1H/q+1;/p-1. The van der Waals surface area contributed by atoms with Gasteiger partial charge >= 0.3 is 6.18 Å². The van der Waals surface area contributed by atoms with Gasteiger partial charge in [0.25, 0.3) is 5.91 Å². The summed E-state index contributed by atoms with van der Waals surface area (Å²) < 4.78 is 39.3. The van der Waals surface area contributed by atoms with Gasteiger partial charge in [-0.2, -0.15) is 13.2 Å². The molecule has 0 N–H and O–H groups in total. The zero-order valence-electron chi connectivity index (χ0n) is 16.7. The topological polar surface area (TPSA) is 20.3 Å². The Balaban J connectivity index is 0.00000272. The molecule has 0 saturated carbocycles. The highest BCUT2D eigenvalue weighted by molar-refractivity contribution is 7.96. The quantitative estimate of drug-likeness (QED) is 0.474. The van der Waals surface area contributed by atoms with Crippen LogP contribution in [0.15, 0.2) is 91.0 Å².